The van der Waals surface area contributed by atoms with Gasteiger partial charge in [0.2, 0.25) is 0 Å². The van der Waals surface area contributed by atoms with E-state index < -0.39 is 23.2 Å². The first-order chi connectivity index (χ1) is 12.1. The summed E-state index contributed by atoms with van der Waals surface area (Å²) >= 11 is 0. The zero-order valence-corrected chi connectivity index (χ0v) is 15.6. The van der Waals surface area contributed by atoms with Crippen molar-refractivity contribution in [2.75, 3.05) is 6.54 Å². The van der Waals surface area contributed by atoms with Crippen molar-refractivity contribution in [1.29, 1.82) is 0 Å². The third-order valence-corrected chi connectivity index (χ3v) is 3.83. The predicted molar refractivity (Wildman–Crippen MR) is 96.7 cm³/mol. The van der Waals surface area contributed by atoms with Gasteiger partial charge in [0.05, 0.1) is 4.92 Å². The summed E-state index contributed by atoms with van der Waals surface area (Å²) in [4.78, 5) is 10.2. The Morgan fingerprint density at radius 1 is 1.35 bits per heavy atom. The Morgan fingerprint density at radius 2 is 1.92 bits per heavy atom. The number of hydrogen-bond donors (Lipinski definition) is 2. The Balaban J connectivity index is 0.00000301. The molecule has 0 aliphatic heterocycles. The monoisotopic (exact) mass is 376 g/mol. The van der Waals surface area contributed by atoms with E-state index in [0.717, 1.165) is 12.5 Å². The number of nitro benzene ring substituents is 1. The van der Waals surface area contributed by atoms with Gasteiger partial charge in [0.25, 0.3) is 5.69 Å². The molecule has 0 aliphatic rings. The van der Waals surface area contributed by atoms with Gasteiger partial charge in [-0.2, -0.15) is 13.2 Å². The van der Waals surface area contributed by atoms with Crippen LogP contribution in [0.2, 0.25) is 0 Å². The van der Waals surface area contributed by atoms with E-state index in [1.165, 1.54) is 25.1 Å². The topological polar surface area (TPSA) is 89.4 Å². The van der Waals surface area contributed by atoms with Gasteiger partial charge in [-0.3, -0.25) is 10.1 Å². The molecule has 0 heterocycles. The number of nitrogens with zero attached hydrogens (tertiary/aromatic N) is 1. The highest BCUT2D eigenvalue weighted by atomic mass is 19.4. The van der Waals surface area contributed by atoms with Crippen LogP contribution in [-0.4, -0.2) is 28.4 Å². The number of nitro groups is 1. The molecular formula is C18H27F3N2O3. The summed E-state index contributed by atoms with van der Waals surface area (Å²) in [5, 5.41) is 21.0. The first kappa shape index (κ1) is 24.1. The fraction of sp³-hybridized carbons (Fsp3) is 0.556. The number of unbranched alkanes of at least 4 members (excludes halogenated alkanes) is 2. The molecule has 1 atom stereocenters. The van der Waals surface area contributed by atoms with E-state index in [4.69, 9.17) is 5.73 Å². The van der Waals surface area contributed by atoms with Crippen molar-refractivity contribution >= 4 is 11.3 Å². The Hall–Kier alpha value is -1.93. The summed E-state index contributed by atoms with van der Waals surface area (Å²) in [7, 11) is 0. The lowest BCUT2D eigenvalue weighted by Crippen LogP contribution is -2.52. The molecule has 1 aromatic carbocycles. The number of benzene rings is 1. The maximum Gasteiger partial charge on any atom is 0.422 e. The Bertz CT molecular complexity index is 631. The highest BCUT2D eigenvalue weighted by Crippen LogP contribution is 2.42. The molecule has 0 saturated heterocycles. The van der Waals surface area contributed by atoms with Gasteiger partial charge in [-0.05, 0) is 36.1 Å². The SMILES string of the molecule is CC.CCCC/C=C(\c1ccc([N+](=O)[O-])cc1C)C(O)(CN)C(F)(F)F. The molecule has 0 aliphatic carbocycles. The van der Waals surface area contributed by atoms with Gasteiger partial charge in [0.15, 0.2) is 5.60 Å². The van der Waals surface area contributed by atoms with E-state index >= 15 is 0 Å². The molecule has 0 bridgehead atoms. The van der Waals surface area contributed by atoms with Crippen LogP contribution in [0.25, 0.3) is 5.57 Å². The molecule has 8 heteroatoms. The highest BCUT2D eigenvalue weighted by Gasteiger charge is 2.55. The molecule has 0 radical (unpaired) electrons. The van der Waals surface area contributed by atoms with Crippen LogP contribution in [0.1, 0.15) is 51.2 Å². The van der Waals surface area contributed by atoms with Crippen molar-refractivity contribution in [2.45, 2.75) is 58.7 Å². The molecule has 148 valence electrons. The Labute approximate surface area is 151 Å². The van der Waals surface area contributed by atoms with Crippen molar-refractivity contribution < 1.29 is 23.2 Å². The third kappa shape index (κ3) is 5.54. The number of rotatable bonds is 7. The average Bonchev–Trinajstić information content (AvgIpc) is 2.59. The van der Waals surface area contributed by atoms with Crippen molar-refractivity contribution in [3.8, 4) is 0 Å². The van der Waals surface area contributed by atoms with Gasteiger partial charge in [-0.15, -0.1) is 0 Å². The summed E-state index contributed by atoms with van der Waals surface area (Å²) in [6.07, 6.45) is -1.89. The van der Waals surface area contributed by atoms with E-state index in [2.05, 4.69) is 0 Å². The smallest absolute Gasteiger partial charge is 0.375 e. The zero-order valence-electron chi connectivity index (χ0n) is 15.6. The van der Waals surface area contributed by atoms with Crippen LogP contribution < -0.4 is 5.73 Å². The second-order valence-electron chi connectivity index (χ2n) is 5.58. The lowest BCUT2D eigenvalue weighted by Gasteiger charge is -2.32. The van der Waals surface area contributed by atoms with Crippen LogP contribution in [0.5, 0.6) is 0 Å². The number of aryl methyl sites for hydroxylation is 1. The van der Waals surface area contributed by atoms with Gasteiger partial charge >= 0.3 is 6.18 Å². The van der Waals surface area contributed by atoms with E-state index in [9.17, 15) is 28.4 Å². The van der Waals surface area contributed by atoms with Crippen LogP contribution in [0.3, 0.4) is 0 Å². The zero-order chi connectivity index (χ0) is 20.5. The second kappa shape index (κ2) is 10.3. The summed E-state index contributed by atoms with van der Waals surface area (Å²) in [6.45, 7) is 6.32. The standard InChI is InChI=1S/C16H21F3N2O3.C2H6/c1-3-4-5-6-14(15(22,10-20)16(17,18)19)13-8-7-12(21(23)24)9-11(13)2;1-2/h6-9,22H,3-5,10,20H2,1-2H3;1-2H3/b14-6+;. The molecule has 1 aromatic rings. The van der Waals surface area contributed by atoms with Crippen LogP contribution in [0, 0.1) is 17.0 Å². The van der Waals surface area contributed by atoms with Crippen LogP contribution in [-0.2, 0) is 0 Å². The Kier molecular flexibility index (Phi) is 9.51. The number of hydrogen-bond acceptors (Lipinski definition) is 4. The van der Waals surface area contributed by atoms with Crippen LogP contribution >= 0.6 is 0 Å². The minimum Gasteiger partial charge on any atom is -0.375 e. The largest absolute Gasteiger partial charge is 0.422 e. The summed E-state index contributed by atoms with van der Waals surface area (Å²) < 4.78 is 40.2. The minimum absolute atomic E-state index is 0.0991. The molecule has 0 spiro atoms. The van der Waals surface area contributed by atoms with Crippen LogP contribution in [0.15, 0.2) is 24.3 Å². The second-order valence-corrected chi connectivity index (χ2v) is 5.58. The fourth-order valence-corrected chi connectivity index (χ4v) is 2.39. The highest BCUT2D eigenvalue weighted by molar-refractivity contribution is 5.76. The maximum atomic E-state index is 13.4. The van der Waals surface area contributed by atoms with E-state index in [1.54, 1.807) is 0 Å². The predicted octanol–water partition coefficient (Wildman–Crippen LogP) is 4.76. The third-order valence-electron chi connectivity index (χ3n) is 3.83. The molecule has 0 saturated carbocycles. The van der Waals surface area contributed by atoms with Gasteiger partial charge < -0.3 is 10.8 Å². The number of aliphatic hydroxyl groups is 1. The van der Waals surface area contributed by atoms with Gasteiger partial charge in [-0.1, -0.05) is 39.7 Å². The molecule has 0 amide bonds. The van der Waals surface area contributed by atoms with Crippen molar-refractivity contribution in [1.82, 2.24) is 0 Å². The molecule has 0 aromatic heterocycles. The van der Waals surface area contributed by atoms with Crippen molar-refractivity contribution in [3.05, 3.63) is 45.5 Å². The first-order valence-electron chi connectivity index (χ1n) is 8.53. The summed E-state index contributed by atoms with van der Waals surface area (Å²) in [5.41, 5.74) is 1.81. The fourth-order valence-electron chi connectivity index (χ4n) is 2.39. The number of non-ortho nitro benzene ring substituents is 1. The lowest BCUT2D eigenvalue weighted by atomic mass is 9.84. The van der Waals surface area contributed by atoms with Gasteiger partial charge in [-0.25, -0.2) is 0 Å². The van der Waals surface area contributed by atoms with E-state index in [0.29, 0.717) is 12.8 Å². The molecule has 3 N–H and O–H groups in total. The summed E-state index contributed by atoms with van der Waals surface area (Å²) in [5.74, 6) is 0. The molecule has 1 rings (SSSR count). The number of halogens is 3. The van der Waals surface area contributed by atoms with Crippen molar-refractivity contribution in [3.63, 3.8) is 0 Å². The van der Waals surface area contributed by atoms with Gasteiger partial charge in [0, 0.05) is 18.7 Å². The normalized spacial score (nSPS) is 14.3. The number of allylic oxidation sites excluding steroid dienone is 1. The molecule has 1 unspecified atom stereocenters. The lowest BCUT2D eigenvalue weighted by molar-refractivity contribution is -0.384. The van der Waals surface area contributed by atoms with E-state index in [1.807, 2.05) is 20.8 Å². The maximum absolute atomic E-state index is 13.4. The van der Waals surface area contributed by atoms with E-state index in [-0.39, 0.29) is 22.4 Å². The average molecular weight is 376 g/mol. The molecular weight excluding hydrogens is 349 g/mol. The number of alkyl halides is 3. The molecule has 5 nitrogen and oxygen atoms in total. The number of nitrogens with two attached hydrogens (primary N) is 1. The van der Waals surface area contributed by atoms with Gasteiger partial charge in [0.1, 0.15) is 0 Å². The minimum atomic E-state index is -4.96. The Morgan fingerprint density at radius 3 is 2.31 bits per heavy atom. The summed E-state index contributed by atoms with van der Waals surface area (Å²) in [6, 6.07) is 3.51. The quantitative estimate of drug-likeness (QED) is 0.408. The first-order valence-corrected chi connectivity index (χ1v) is 8.53. The molecule has 26 heavy (non-hydrogen) atoms. The molecule has 0 fully saturated rings. The van der Waals surface area contributed by atoms with Crippen molar-refractivity contribution in [2.24, 2.45) is 5.73 Å². The van der Waals surface area contributed by atoms with Crippen LogP contribution in [0.4, 0.5) is 18.9 Å².